The minimum Gasteiger partial charge on any atom is -0.307 e. The Hall–Kier alpha value is -1.60. The molecule has 2 aromatic rings. The zero-order chi connectivity index (χ0) is 11.5. The number of hydrogen-bond donors (Lipinski definition) is 2. The van der Waals surface area contributed by atoms with Crippen molar-refractivity contribution < 1.29 is 3.89 Å². The molecule has 0 fully saturated rings. The van der Waals surface area contributed by atoms with Crippen molar-refractivity contribution in [2.24, 2.45) is 10.8 Å². The summed E-state index contributed by atoms with van der Waals surface area (Å²) in [5, 5.41) is 0.862. The highest BCUT2D eigenvalue weighted by Crippen LogP contribution is 2.19. The van der Waals surface area contributed by atoms with Crippen molar-refractivity contribution in [3.05, 3.63) is 30.1 Å². The second kappa shape index (κ2) is 4.50. The summed E-state index contributed by atoms with van der Waals surface area (Å²) in [6, 6.07) is 5.40. The lowest BCUT2D eigenvalue weighted by Gasteiger charge is -2.04. The fourth-order valence-electron chi connectivity index (χ4n) is 1.42. The number of hydrazine groups is 1. The molecule has 3 N–H and O–H groups in total. The Morgan fingerprint density at radius 3 is 3.00 bits per heavy atom. The van der Waals surface area contributed by atoms with Gasteiger partial charge in [-0.2, -0.15) is 0 Å². The van der Waals surface area contributed by atoms with Crippen LogP contribution in [-0.2, 0) is 0 Å². The normalized spacial score (nSPS) is 12.1. The highest BCUT2D eigenvalue weighted by molar-refractivity contribution is 7.92. The molecule has 0 unspecified atom stereocenters. The van der Waals surface area contributed by atoms with Gasteiger partial charge in [0.25, 0.3) is 0 Å². The summed E-state index contributed by atoms with van der Waals surface area (Å²) in [7, 11) is 1.60. The molecule has 0 spiro atoms. The molecule has 0 atom stereocenters. The van der Waals surface area contributed by atoms with Crippen molar-refractivity contribution >= 4 is 29.2 Å². The lowest BCUT2D eigenvalue weighted by Crippen LogP contribution is -2.31. The lowest BCUT2D eigenvalue weighted by atomic mass is 10.3. The first kappa shape index (κ1) is 10.9. The van der Waals surface area contributed by atoms with E-state index in [0.717, 1.165) is 5.39 Å². The SMILES string of the molecule is CN=C(NN)c1ccc2ccn(SF)c2n1. The number of pyridine rings is 1. The van der Waals surface area contributed by atoms with Gasteiger partial charge < -0.3 is 5.43 Å². The molecule has 84 valence electrons. The molecule has 0 aromatic carbocycles. The minimum atomic E-state index is 0.103. The van der Waals surface area contributed by atoms with Crippen LogP contribution in [0.4, 0.5) is 3.89 Å². The quantitative estimate of drug-likeness (QED) is 0.358. The van der Waals surface area contributed by atoms with Gasteiger partial charge in [-0.05, 0) is 18.2 Å². The fraction of sp³-hybridized carbons (Fsp3) is 0.111. The Morgan fingerprint density at radius 1 is 1.56 bits per heavy atom. The molecular formula is C9H10FN5S. The average molecular weight is 239 g/mol. The number of nitrogens with one attached hydrogen (secondary N) is 1. The van der Waals surface area contributed by atoms with E-state index >= 15 is 0 Å². The second-order valence-electron chi connectivity index (χ2n) is 3.04. The monoisotopic (exact) mass is 239 g/mol. The molecule has 0 saturated carbocycles. The smallest absolute Gasteiger partial charge is 0.171 e. The number of halogens is 1. The van der Waals surface area contributed by atoms with Gasteiger partial charge >= 0.3 is 0 Å². The number of rotatable bonds is 2. The molecule has 7 heteroatoms. The summed E-state index contributed by atoms with van der Waals surface area (Å²) >= 11 is 0.103. The number of amidine groups is 1. The van der Waals surface area contributed by atoms with E-state index in [0.29, 0.717) is 17.2 Å². The molecule has 16 heavy (non-hydrogen) atoms. The van der Waals surface area contributed by atoms with Gasteiger partial charge in [-0.1, -0.05) is 0 Å². The maximum Gasteiger partial charge on any atom is 0.171 e. The van der Waals surface area contributed by atoms with Gasteiger partial charge in [0.1, 0.15) is 5.69 Å². The van der Waals surface area contributed by atoms with Crippen LogP contribution in [0.15, 0.2) is 29.4 Å². The van der Waals surface area contributed by atoms with Gasteiger partial charge in [-0.3, -0.25) is 4.99 Å². The van der Waals surface area contributed by atoms with Gasteiger partial charge in [0, 0.05) is 18.6 Å². The zero-order valence-corrected chi connectivity index (χ0v) is 9.33. The van der Waals surface area contributed by atoms with Crippen molar-refractivity contribution in [3.63, 3.8) is 0 Å². The summed E-state index contributed by atoms with van der Waals surface area (Å²) in [4.78, 5) is 8.21. The molecule has 0 aliphatic heterocycles. The van der Waals surface area contributed by atoms with Crippen LogP contribution >= 0.6 is 12.3 Å². The lowest BCUT2D eigenvalue weighted by molar-refractivity contribution is 0.919. The fourth-order valence-corrected chi connectivity index (χ4v) is 1.74. The third-order valence-electron chi connectivity index (χ3n) is 2.18. The highest BCUT2D eigenvalue weighted by atomic mass is 32.2. The van der Waals surface area contributed by atoms with Gasteiger partial charge in [0.15, 0.2) is 23.8 Å². The van der Waals surface area contributed by atoms with E-state index < -0.39 is 0 Å². The van der Waals surface area contributed by atoms with Crippen LogP contribution < -0.4 is 11.3 Å². The molecule has 2 aromatic heterocycles. The van der Waals surface area contributed by atoms with Crippen LogP contribution in [-0.4, -0.2) is 21.8 Å². The molecule has 0 bridgehead atoms. The van der Waals surface area contributed by atoms with E-state index in [1.165, 1.54) is 3.97 Å². The van der Waals surface area contributed by atoms with Gasteiger partial charge in [0.2, 0.25) is 0 Å². The Balaban J connectivity index is 2.57. The number of aliphatic imine (C=N–C) groups is 1. The number of aromatic nitrogens is 2. The van der Waals surface area contributed by atoms with Crippen LogP contribution in [0.25, 0.3) is 11.0 Å². The Labute approximate surface area is 96.0 Å². The standard InChI is InChI=1S/C9H10FN5S/c1-12-8(14-11)7-3-2-6-4-5-15(16-10)9(6)13-7/h2-5H,11H2,1H3,(H,12,14). The predicted octanol–water partition coefficient (Wildman–Crippen LogP) is 1.26. The maximum atomic E-state index is 12.6. The van der Waals surface area contributed by atoms with Crippen molar-refractivity contribution in [2.45, 2.75) is 0 Å². The van der Waals surface area contributed by atoms with Gasteiger partial charge in [-0.25, -0.2) is 14.8 Å². The molecule has 5 nitrogen and oxygen atoms in total. The minimum absolute atomic E-state index is 0.103. The van der Waals surface area contributed by atoms with Gasteiger partial charge in [0.05, 0.1) is 0 Å². The van der Waals surface area contributed by atoms with E-state index in [1.54, 1.807) is 25.4 Å². The molecule has 0 aliphatic rings. The first-order valence-corrected chi connectivity index (χ1v) is 5.18. The van der Waals surface area contributed by atoms with E-state index in [-0.39, 0.29) is 12.3 Å². The van der Waals surface area contributed by atoms with E-state index in [1.807, 2.05) is 6.07 Å². The Kier molecular flexibility index (Phi) is 3.07. The molecule has 2 heterocycles. The van der Waals surface area contributed by atoms with E-state index in [9.17, 15) is 3.89 Å². The number of nitrogens with zero attached hydrogens (tertiary/aromatic N) is 3. The Bertz CT molecular complexity index is 536. The molecule has 0 amide bonds. The number of nitrogens with two attached hydrogens (primary N) is 1. The van der Waals surface area contributed by atoms with E-state index in [2.05, 4.69) is 15.4 Å². The molecular weight excluding hydrogens is 229 g/mol. The summed E-state index contributed by atoms with van der Waals surface area (Å²) in [6.45, 7) is 0. The van der Waals surface area contributed by atoms with Crippen molar-refractivity contribution in [1.29, 1.82) is 0 Å². The first-order chi connectivity index (χ1) is 7.80. The molecule has 2 rings (SSSR count). The summed E-state index contributed by atoms with van der Waals surface area (Å²) in [5.41, 5.74) is 3.56. The van der Waals surface area contributed by atoms with Crippen LogP contribution in [0.1, 0.15) is 5.69 Å². The van der Waals surface area contributed by atoms with Crippen molar-refractivity contribution in [1.82, 2.24) is 14.4 Å². The second-order valence-corrected chi connectivity index (χ2v) is 3.57. The average Bonchev–Trinajstić information content (AvgIpc) is 2.73. The van der Waals surface area contributed by atoms with Crippen LogP contribution in [0.2, 0.25) is 0 Å². The van der Waals surface area contributed by atoms with Crippen LogP contribution in [0, 0.1) is 0 Å². The third kappa shape index (κ3) is 1.74. The topological polar surface area (TPSA) is 68.2 Å². The zero-order valence-electron chi connectivity index (χ0n) is 8.51. The van der Waals surface area contributed by atoms with Crippen molar-refractivity contribution in [3.8, 4) is 0 Å². The van der Waals surface area contributed by atoms with Gasteiger partial charge in [-0.15, -0.1) is 3.89 Å². The highest BCUT2D eigenvalue weighted by Gasteiger charge is 2.07. The summed E-state index contributed by atoms with van der Waals surface area (Å²) in [6.07, 6.45) is 1.62. The molecule has 0 aliphatic carbocycles. The van der Waals surface area contributed by atoms with Crippen molar-refractivity contribution in [2.75, 3.05) is 7.05 Å². The Morgan fingerprint density at radius 2 is 2.38 bits per heavy atom. The van der Waals surface area contributed by atoms with Crippen LogP contribution in [0.3, 0.4) is 0 Å². The number of fused-ring (bicyclic) bond motifs is 1. The summed E-state index contributed by atoms with van der Waals surface area (Å²) < 4.78 is 13.9. The maximum absolute atomic E-state index is 12.6. The number of hydrogen-bond acceptors (Lipinski definition) is 4. The predicted molar refractivity (Wildman–Crippen MR) is 63.6 cm³/mol. The molecule has 0 radical (unpaired) electrons. The first-order valence-electron chi connectivity index (χ1n) is 4.51. The largest absolute Gasteiger partial charge is 0.307 e. The summed E-state index contributed by atoms with van der Waals surface area (Å²) in [5.74, 6) is 5.76. The third-order valence-corrected chi connectivity index (χ3v) is 2.62. The van der Waals surface area contributed by atoms with E-state index in [4.69, 9.17) is 5.84 Å². The molecule has 0 saturated heterocycles. The van der Waals surface area contributed by atoms with Crippen LogP contribution in [0.5, 0.6) is 0 Å².